The zero-order chi connectivity index (χ0) is 18.9. The van der Waals surface area contributed by atoms with Crippen LogP contribution in [0.4, 0.5) is 18.3 Å². The molecular formula is C17H13F3N2O2S2. The van der Waals surface area contributed by atoms with Crippen LogP contribution in [0.15, 0.2) is 54.6 Å². The SMILES string of the molecule is Cc1ccc(-c2nc(NS(=O)(=O)C(F)(F)F)sc2-c2ccccc2)cc1. The number of anilines is 1. The van der Waals surface area contributed by atoms with Gasteiger partial charge in [-0.2, -0.15) is 21.6 Å². The lowest BCUT2D eigenvalue weighted by molar-refractivity contribution is -0.0429. The number of benzene rings is 2. The Hall–Kier alpha value is -2.39. The van der Waals surface area contributed by atoms with Gasteiger partial charge in [0.2, 0.25) is 0 Å². The highest BCUT2D eigenvalue weighted by molar-refractivity contribution is 7.93. The first-order chi connectivity index (χ1) is 12.2. The first-order valence-electron chi connectivity index (χ1n) is 7.40. The second kappa shape index (κ2) is 6.73. The van der Waals surface area contributed by atoms with E-state index in [0.717, 1.165) is 22.5 Å². The average Bonchev–Trinajstić information content (AvgIpc) is 2.98. The second-order valence-electron chi connectivity index (χ2n) is 5.48. The maximum atomic E-state index is 12.6. The summed E-state index contributed by atoms with van der Waals surface area (Å²) in [5.74, 6) is 0. The lowest BCUT2D eigenvalue weighted by Gasteiger charge is -2.07. The Labute approximate surface area is 152 Å². The van der Waals surface area contributed by atoms with Gasteiger partial charge in [-0.05, 0) is 12.5 Å². The van der Waals surface area contributed by atoms with Crippen LogP contribution in [0, 0.1) is 6.92 Å². The smallest absolute Gasteiger partial charge is 0.251 e. The van der Waals surface area contributed by atoms with E-state index in [-0.39, 0.29) is 5.13 Å². The first kappa shape index (κ1) is 18.4. The van der Waals surface area contributed by atoms with Crippen LogP contribution in [0.2, 0.25) is 0 Å². The quantitative estimate of drug-likeness (QED) is 0.669. The molecule has 0 saturated carbocycles. The van der Waals surface area contributed by atoms with E-state index >= 15 is 0 Å². The fourth-order valence-electron chi connectivity index (χ4n) is 2.23. The van der Waals surface area contributed by atoms with Gasteiger partial charge in [-0.25, -0.2) is 4.98 Å². The van der Waals surface area contributed by atoms with Crippen LogP contribution in [0.25, 0.3) is 21.7 Å². The molecular weight excluding hydrogens is 385 g/mol. The molecule has 1 heterocycles. The van der Waals surface area contributed by atoms with Crippen molar-refractivity contribution in [3.63, 3.8) is 0 Å². The van der Waals surface area contributed by atoms with Crippen molar-refractivity contribution in [2.45, 2.75) is 12.4 Å². The van der Waals surface area contributed by atoms with Crippen LogP contribution in [0.3, 0.4) is 0 Å². The Morgan fingerprint density at radius 2 is 1.58 bits per heavy atom. The van der Waals surface area contributed by atoms with E-state index in [0.29, 0.717) is 16.1 Å². The maximum Gasteiger partial charge on any atom is 0.516 e. The molecule has 0 saturated heterocycles. The summed E-state index contributed by atoms with van der Waals surface area (Å²) >= 11 is 0.853. The molecule has 1 aromatic heterocycles. The van der Waals surface area contributed by atoms with Crippen molar-refractivity contribution in [1.29, 1.82) is 0 Å². The summed E-state index contributed by atoms with van der Waals surface area (Å²) in [6.07, 6.45) is 0. The van der Waals surface area contributed by atoms with E-state index in [1.54, 1.807) is 36.4 Å². The molecule has 0 atom stereocenters. The molecule has 4 nitrogen and oxygen atoms in total. The van der Waals surface area contributed by atoms with Crippen molar-refractivity contribution in [2.75, 3.05) is 4.72 Å². The third-order valence-corrected chi connectivity index (χ3v) is 5.74. The molecule has 0 aliphatic carbocycles. The molecule has 3 aromatic rings. The molecule has 0 fully saturated rings. The van der Waals surface area contributed by atoms with Crippen LogP contribution >= 0.6 is 11.3 Å². The lowest BCUT2D eigenvalue weighted by Crippen LogP contribution is -2.29. The van der Waals surface area contributed by atoms with Crippen molar-refractivity contribution in [3.05, 3.63) is 60.2 Å². The molecule has 0 unspecified atom stereocenters. The number of nitrogens with zero attached hydrogens (tertiary/aromatic N) is 1. The van der Waals surface area contributed by atoms with Crippen molar-refractivity contribution in [2.24, 2.45) is 0 Å². The van der Waals surface area contributed by atoms with Gasteiger partial charge in [0, 0.05) is 5.56 Å². The number of aromatic nitrogens is 1. The molecule has 136 valence electrons. The fourth-order valence-corrected chi connectivity index (χ4v) is 3.96. The van der Waals surface area contributed by atoms with Gasteiger partial charge in [0.15, 0.2) is 5.13 Å². The molecule has 0 amide bonds. The van der Waals surface area contributed by atoms with E-state index in [1.807, 2.05) is 25.1 Å². The van der Waals surface area contributed by atoms with Gasteiger partial charge < -0.3 is 0 Å². The number of aryl methyl sites for hydroxylation is 1. The predicted molar refractivity (Wildman–Crippen MR) is 96.3 cm³/mol. The summed E-state index contributed by atoms with van der Waals surface area (Å²) in [6.45, 7) is 1.91. The largest absolute Gasteiger partial charge is 0.516 e. The van der Waals surface area contributed by atoms with Gasteiger partial charge in [-0.3, -0.25) is 4.72 Å². The van der Waals surface area contributed by atoms with Crippen LogP contribution in [-0.4, -0.2) is 18.9 Å². The zero-order valence-corrected chi connectivity index (χ0v) is 15.0. The zero-order valence-electron chi connectivity index (χ0n) is 13.4. The summed E-state index contributed by atoms with van der Waals surface area (Å²) in [5, 5.41) is -0.336. The average molecular weight is 398 g/mol. The topological polar surface area (TPSA) is 59.1 Å². The molecule has 0 aliphatic rings. The summed E-state index contributed by atoms with van der Waals surface area (Å²) in [4.78, 5) is 4.69. The molecule has 9 heteroatoms. The molecule has 0 radical (unpaired) electrons. The minimum atomic E-state index is -5.53. The lowest BCUT2D eigenvalue weighted by atomic mass is 10.1. The molecule has 3 rings (SSSR count). The van der Waals surface area contributed by atoms with Crippen LogP contribution in [0.5, 0.6) is 0 Å². The highest BCUT2D eigenvalue weighted by Crippen LogP contribution is 2.40. The van der Waals surface area contributed by atoms with E-state index in [1.165, 1.54) is 4.72 Å². The Bertz CT molecular complexity index is 1010. The van der Waals surface area contributed by atoms with Crippen molar-refractivity contribution < 1.29 is 21.6 Å². The second-order valence-corrected chi connectivity index (χ2v) is 8.15. The number of thiazole rings is 1. The van der Waals surface area contributed by atoms with Gasteiger partial charge in [-0.15, -0.1) is 0 Å². The van der Waals surface area contributed by atoms with E-state index < -0.39 is 15.5 Å². The number of alkyl halides is 3. The molecule has 0 spiro atoms. The summed E-state index contributed by atoms with van der Waals surface area (Å²) in [6, 6.07) is 16.2. The van der Waals surface area contributed by atoms with E-state index in [4.69, 9.17) is 0 Å². The van der Waals surface area contributed by atoms with Crippen molar-refractivity contribution in [1.82, 2.24) is 4.98 Å². The number of halogens is 3. The Morgan fingerprint density at radius 1 is 0.962 bits per heavy atom. The molecule has 0 bridgehead atoms. The number of hydrogen-bond donors (Lipinski definition) is 1. The normalized spacial score (nSPS) is 12.2. The molecule has 26 heavy (non-hydrogen) atoms. The highest BCUT2D eigenvalue weighted by atomic mass is 32.2. The minimum Gasteiger partial charge on any atom is -0.251 e. The van der Waals surface area contributed by atoms with E-state index in [2.05, 4.69) is 4.98 Å². The summed E-state index contributed by atoms with van der Waals surface area (Å²) in [5.41, 5.74) is -2.55. The number of nitrogens with one attached hydrogen (secondary N) is 1. The monoisotopic (exact) mass is 398 g/mol. The van der Waals surface area contributed by atoms with Gasteiger partial charge in [0.1, 0.15) is 0 Å². The standard InChI is InChI=1S/C17H13F3N2O2S2/c1-11-7-9-12(10-8-11)14-15(13-5-3-2-4-6-13)25-16(21-14)22-26(23,24)17(18,19)20/h2-10H,1H3,(H,21,22). The molecule has 0 aliphatic heterocycles. The van der Waals surface area contributed by atoms with Crippen molar-refractivity contribution >= 4 is 26.5 Å². The van der Waals surface area contributed by atoms with Gasteiger partial charge in [0.25, 0.3) is 0 Å². The van der Waals surface area contributed by atoms with Gasteiger partial charge in [-0.1, -0.05) is 71.5 Å². The Kier molecular flexibility index (Phi) is 4.76. The van der Waals surface area contributed by atoms with Crippen LogP contribution in [-0.2, 0) is 10.0 Å². The Balaban J connectivity index is 2.11. The third-order valence-electron chi connectivity index (χ3n) is 3.51. The summed E-state index contributed by atoms with van der Waals surface area (Å²) in [7, 11) is -5.53. The molecule has 2 aromatic carbocycles. The van der Waals surface area contributed by atoms with Crippen LogP contribution < -0.4 is 4.72 Å². The highest BCUT2D eigenvalue weighted by Gasteiger charge is 2.46. The van der Waals surface area contributed by atoms with Crippen LogP contribution in [0.1, 0.15) is 5.56 Å². The summed E-state index contributed by atoms with van der Waals surface area (Å²) < 4.78 is 62.2. The Morgan fingerprint density at radius 3 is 2.15 bits per heavy atom. The number of rotatable bonds is 4. The predicted octanol–water partition coefficient (Wildman–Crippen LogP) is 5.05. The fraction of sp³-hybridized carbons (Fsp3) is 0.118. The number of hydrogen-bond acceptors (Lipinski definition) is 4. The van der Waals surface area contributed by atoms with Crippen molar-refractivity contribution in [3.8, 4) is 21.7 Å². The van der Waals surface area contributed by atoms with E-state index in [9.17, 15) is 21.6 Å². The first-order valence-corrected chi connectivity index (χ1v) is 9.70. The van der Waals surface area contributed by atoms with Gasteiger partial charge >= 0.3 is 15.5 Å². The van der Waals surface area contributed by atoms with Gasteiger partial charge in [0.05, 0.1) is 10.6 Å². The number of sulfonamides is 1. The molecule has 1 N–H and O–H groups in total. The minimum absolute atomic E-state index is 0.336. The third kappa shape index (κ3) is 3.73. The maximum absolute atomic E-state index is 12.6.